The lowest BCUT2D eigenvalue weighted by Crippen LogP contribution is -2.56. The maximum absolute atomic E-state index is 14.1. The van der Waals surface area contributed by atoms with E-state index in [2.05, 4.69) is 14.9 Å². The molecule has 0 radical (unpaired) electrons. The standard InChI is InChI=1S/C23H33FN4O/c1-17-13-18(2)28(25-17)23-8-7-20(24)14-19(23)15-26-10-11-27(21-5-3-4-6-21)22(16-26)9-12-29/h7-8,13-14,21-22,29H,3-6,9-12,15-16H2,1-2H3/t22-/m0/s1. The third-order valence-corrected chi connectivity index (χ3v) is 6.54. The van der Waals surface area contributed by atoms with E-state index < -0.39 is 0 Å². The molecule has 0 spiro atoms. The molecule has 0 bridgehead atoms. The monoisotopic (exact) mass is 400 g/mol. The zero-order valence-electron chi connectivity index (χ0n) is 17.6. The largest absolute Gasteiger partial charge is 0.396 e. The molecule has 158 valence electrons. The van der Waals surface area contributed by atoms with Crippen molar-refractivity contribution in [1.29, 1.82) is 0 Å². The van der Waals surface area contributed by atoms with Gasteiger partial charge in [-0.05, 0) is 62.9 Å². The van der Waals surface area contributed by atoms with Crippen LogP contribution < -0.4 is 0 Å². The Labute approximate surface area is 173 Å². The predicted molar refractivity (Wildman–Crippen MR) is 113 cm³/mol. The van der Waals surface area contributed by atoms with Gasteiger partial charge in [0.15, 0.2) is 0 Å². The van der Waals surface area contributed by atoms with Gasteiger partial charge in [0.05, 0.1) is 11.4 Å². The molecule has 4 rings (SSSR count). The molecule has 0 amide bonds. The van der Waals surface area contributed by atoms with E-state index in [0.29, 0.717) is 18.6 Å². The number of hydrogen-bond donors (Lipinski definition) is 1. The molecule has 1 N–H and O–H groups in total. The van der Waals surface area contributed by atoms with E-state index in [1.165, 1.54) is 31.7 Å². The van der Waals surface area contributed by atoms with Crippen LogP contribution in [0.4, 0.5) is 4.39 Å². The van der Waals surface area contributed by atoms with Crippen molar-refractivity contribution in [3.8, 4) is 5.69 Å². The van der Waals surface area contributed by atoms with Crippen LogP contribution in [-0.4, -0.2) is 63.0 Å². The van der Waals surface area contributed by atoms with Gasteiger partial charge in [-0.3, -0.25) is 9.80 Å². The molecule has 1 aromatic heterocycles. The third-order valence-electron chi connectivity index (χ3n) is 6.54. The van der Waals surface area contributed by atoms with Crippen molar-refractivity contribution in [2.75, 3.05) is 26.2 Å². The van der Waals surface area contributed by atoms with Crippen LogP contribution in [0.15, 0.2) is 24.3 Å². The van der Waals surface area contributed by atoms with Crippen molar-refractivity contribution >= 4 is 0 Å². The van der Waals surface area contributed by atoms with Gasteiger partial charge < -0.3 is 5.11 Å². The van der Waals surface area contributed by atoms with Crippen LogP contribution in [0.2, 0.25) is 0 Å². The van der Waals surface area contributed by atoms with Crippen LogP contribution in [0.5, 0.6) is 0 Å². The molecule has 2 fully saturated rings. The number of rotatable bonds is 6. The molecule has 1 aromatic carbocycles. The number of benzene rings is 1. The van der Waals surface area contributed by atoms with Crippen molar-refractivity contribution in [2.24, 2.45) is 0 Å². The van der Waals surface area contributed by atoms with Gasteiger partial charge in [0.1, 0.15) is 5.82 Å². The fourth-order valence-corrected chi connectivity index (χ4v) is 5.20. The number of aliphatic hydroxyl groups excluding tert-OH is 1. The average Bonchev–Trinajstić information content (AvgIpc) is 3.32. The minimum Gasteiger partial charge on any atom is -0.396 e. The number of aromatic nitrogens is 2. The van der Waals surface area contributed by atoms with Crippen molar-refractivity contribution in [3.05, 3.63) is 47.0 Å². The molecule has 1 atom stereocenters. The summed E-state index contributed by atoms with van der Waals surface area (Å²) >= 11 is 0. The number of aryl methyl sites for hydroxylation is 2. The normalized spacial score (nSPS) is 21.9. The molecule has 2 aromatic rings. The summed E-state index contributed by atoms with van der Waals surface area (Å²) in [7, 11) is 0. The lowest BCUT2D eigenvalue weighted by Gasteiger charge is -2.44. The smallest absolute Gasteiger partial charge is 0.123 e. The van der Waals surface area contributed by atoms with E-state index in [0.717, 1.165) is 48.7 Å². The van der Waals surface area contributed by atoms with Gasteiger partial charge in [-0.1, -0.05) is 12.8 Å². The number of halogens is 1. The highest BCUT2D eigenvalue weighted by Gasteiger charge is 2.33. The second-order valence-electron chi connectivity index (χ2n) is 8.69. The first-order valence-electron chi connectivity index (χ1n) is 11.0. The first-order chi connectivity index (χ1) is 14.0. The molecule has 1 aliphatic carbocycles. The molecular weight excluding hydrogens is 367 g/mol. The Morgan fingerprint density at radius 3 is 2.62 bits per heavy atom. The van der Waals surface area contributed by atoms with Gasteiger partial charge in [0, 0.05) is 50.6 Å². The van der Waals surface area contributed by atoms with Crippen LogP contribution in [0, 0.1) is 19.7 Å². The van der Waals surface area contributed by atoms with E-state index in [4.69, 9.17) is 0 Å². The topological polar surface area (TPSA) is 44.5 Å². The Morgan fingerprint density at radius 1 is 1.14 bits per heavy atom. The lowest BCUT2D eigenvalue weighted by molar-refractivity contribution is 0.0267. The summed E-state index contributed by atoms with van der Waals surface area (Å²) in [6.07, 6.45) is 6.03. The van der Waals surface area contributed by atoms with Crippen molar-refractivity contribution in [1.82, 2.24) is 19.6 Å². The van der Waals surface area contributed by atoms with Gasteiger partial charge in [-0.15, -0.1) is 0 Å². The van der Waals surface area contributed by atoms with Crippen LogP contribution in [0.25, 0.3) is 5.69 Å². The molecule has 1 saturated carbocycles. The summed E-state index contributed by atoms with van der Waals surface area (Å²) in [6, 6.07) is 8.10. The van der Waals surface area contributed by atoms with E-state index in [-0.39, 0.29) is 12.4 Å². The van der Waals surface area contributed by atoms with E-state index in [1.807, 2.05) is 30.7 Å². The van der Waals surface area contributed by atoms with Crippen LogP contribution >= 0.6 is 0 Å². The Kier molecular flexibility index (Phi) is 6.32. The maximum Gasteiger partial charge on any atom is 0.123 e. The number of hydrogen-bond acceptors (Lipinski definition) is 4. The summed E-state index contributed by atoms with van der Waals surface area (Å²) in [4.78, 5) is 5.04. The second-order valence-corrected chi connectivity index (χ2v) is 8.69. The van der Waals surface area contributed by atoms with Gasteiger partial charge in [-0.2, -0.15) is 5.10 Å². The van der Waals surface area contributed by atoms with Crippen molar-refractivity contribution in [2.45, 2.75) is 64.6 Å². The Morgan fingerprint density at radius 2 is 1.93 bits per heavy atom. The van der Waals surface area contributed by atoms with Crippen LogP contribution in [0.3, 0.4) is 0 Å². The summed E-state index contributed by atoms with van der Waals surface area (Å²) < 4.78 is 16.0. The zero-order valence-corrected chi connectivity index (χ0v) is 17.6. The zero-order chi connectivity index (χ0) is 20.4. The molecule has 6 heteroatoms. The first-order valence-corrected chi connectivity index (χ1v) is 11.0. The van der Waals surface area contributed by atoms with Crippen LogP contribution in [0.1, 0.15) is 49.1 Å². The molecule has 1 aliphatic heterocycles. The van der Waals surface area contributed by atoms with Crippen molar-refractivity contribution < 1.29 is 9.50 Å². The number of aliphatic hydroxyl groups is 1. The molecular formula is C23H33FN4O. The van der Waals surface area contributed by atoms with E-state index in [9.17, 15) is 9.50 Å². The summed E-state index contributed by atoms with van der Waals surface area (Å²) in [5.41, 5.74) is 3.94. The maximum atomic E-state index is 14.1. The molecule has 0 unspecified atom stereocenters. The first kappa shape index (κ1) is 20.5. The minimum absolute atomic E-state index is 0.207. The Hall–Kier alpha value is -1.76. The van der Waals surface area contributed by atoms with E-state index in [1.54, 1.807) is 6.07 Å². The fraction of sp³-hybridized carbons (Fsp3) is 0.609. The highest BCUT2D eigenvalue weighted by atomic mass is 19.1. The predicted octanol–water partition coefficient (Wildman–Crippen LogP) is 3.44. The number of piperazine rings is 1. The highest BCUT2D eigenvalue weighted by Crippen LogP contribution is 2.29. The van der Waals surface area contributed by atoms with E-state index >= 15 is 0 Å². The third kappa shape index (κ3) is 4.55. The summed E-state index contributed by atoms with van der Waals surface area (Å²) in [5.74, 6) is -0.207. The lowest BCUT2D eigenvalue weighted by atomic mass is 10.0. The van der Waals surface area contributed by atoms with Gasteiger partial charge in [0.25, 0.3) is 0 Å². The highest BCUT2D eigenvalue weighted by molar-refractivity contribution is 5.42. The summed E-state index contributed by atoms with van der Waals surface area (Å²) in [5, 5.41) is 14.2. The van der Waals surface area contributed by atoms with Gasteiger partial charge >= 0.3 is 0 Å². The van der Waals surface area contributed by atoms with Crippen LogP contribution in [-0.2, 0) is 6.54 Å². The quantitative estimate of drug-likeness (QED) is 0.807. The molecule has 5 nitrogen and oxygen atoms in total. The molecule has 2 heterocycles. The second kappa shape index (κ2) is 8.94. The van der Waals surface area contributed by atoms with Gasteiger partial charge in [0.2, 0.25) is 0 Å². The molecule has 29 heavy (non-hydrogen) atoms. The number of nitrogens with zero attached hydrogens (tertiary/aromatic N) is 4. The summed E-state index contributed by atoms with van der Waals surface area (Å²) in [6.45, 7) is 7.86. The molecule has 1 saturated heterocycles. The average molecular weight is 401 g/mol. The van der Waals surface area contributed by atoms with Gasteiger partial charge in [-0.25, -0.2) is 9.07 Å². The minimum atomic E-state index is -0.207. The fourth-order valence-electron chi connectivity index (χ4n) is 5.20. The Balaban J connectivity index is 1.53. The molecule has 2 aliphatic rings. The Bertz CT molecular complexity index is 830. The SMILES string of the molecule is Cc1cc(C)n(-c2ccc(F)cc2CN2CCN(C3CCCC3)[C@@H](CCO)C2)n1. The van der Waals surface area contributed by atoms with Crippen molar-refractivity contribution in [3.63, 3.8) is 0 Å².